The van der Waals surface area contributed by atoms with E-state index in [2.05, 4.69) is 21.2 Å². The monoisotopic (exact) mass is 488 g/mol. The highest BCUT2D eigenvalue weighted by atomic mass is 79.9. The third-order valence-corrected chi connectivity index (χ3v) is 4.98. The Balaban J connectivity index is 2.22. The molecule has 0 aromatic heterocycles. The predicted octanol–water partition coefficient (Wildman–Crippen LogP) is 4.59. The highest BCUT2D eigenvalue weighted by Crippen LogP contribution is 2.36. The number of rotatable bonds is 7. The molecule has 2 aromatic carbocycles. The Bertz CT molecular complexity index is 910. The van der Waals surface area contributed by atoms with Gasteiger partial charge in [-0.2, -0.15) is 13.2 Å². The molecule has 0 spiro atoms. The molecule has 2 aromatic rings. The topological polar surface area (TPSA) is 67.9 Å². The van der Waals surface area contributed by atoms with Gasteiger partial charge < -0.3 is 19.7 Å². The predicted molar refractivity (Wildman–Crippen MR) is 109 cm³/mol. The summed E-state index contributed by atoms with van der Waals surface area (Å²) in [7, 11) is 2.85. The number of nitrogens with one attached hydrogen (secondary N) is 1. The van der Waals surface area contributed by atoms with Crippen molar-refractivity contribution in [3.63, 3.8) is 0 Å². The number of halogens is 4. The van der Waals surface area contributed by atoms with Gasteiger partial charge >= 0.3 is 6.18 Å². The molecule has 0 atom stereocenters. The molecule has 10 heteroatoms. The molecule has 0 saturated carbocycles. The van der Waals surface area contributed by atoms with E-state index in [0.29, 0.717) is 16.0 Å². The number of para-hydroxylation sites is 1. The Morgan fingerprint density at radius 1 is 1.10 bits per heavy atom. The molecule has 30 heavy (non-hydrogen) atoms. The first-order chi connectivity index (χ1) is 14.1. The Labute approximate surface area is 180 Å². The fraction of sp³-hybridized carbons (Fsp3) is 0.300. The van der Waals surface area contributed by atoms with E-state index in [1.54, 1.807) is 6.92 Å². The van der Waals surface area contributed by atoms with Gasteiger partial charge in [0.2, 0.25) is 5.91 Å². The van der Waals surface area contributed by atoms with Gasteiger partial charge in [-0.05, 0) is 47.1 Å². The number of carbonyl (C=O) groups excluding carboxylic acids is 2. The average Bonchev–Trinajstić information content (AvgIpc) is 2.71. The maximum Gasteiger partial charge on any atom is 0.418 e. The Morgan fingerprint density at radius 2 is 1.67 bits per heavy atom. The first-order valence-corrected chi connectivity index (χ1v) is 9.58. The number of ether oxygens (including phenoxy) is 2. The standard InChI is InChI=1S/C20H20BrF3N2O4/c1-4-26(19(28)12-9-15(29-2)18(21)16(10-12)30-3)11-17(27)25-14-8-6-5-7-13(14)20(22,23)24/h5-10H,4,11H2,1-3H3,(H,25,27). The van der Waals surface area contributed by atoms with Crippen molar-refractivity contribution < 1.29 is 32.2 Å². The fourth-order valence-electron chi connectivity index (χ4n) is 2.71. The zero-order chi connectivity index (χ0) is 22.5. The van der Waals surface area contributed by atoms with Gasteiger partial charge in [0.1, 0.15) is 22.5 Å². The van der Waals surface area contributed by atoms with Crippen molar-refractivity contribution in [2.24, 2.45) is 0 Å². The molecule has 0 radical (unpaired) electrons. The minimum atomic E-state index is -4.62. The number of alkyl halides is 3. The van der Waals surface area contributed by atoms with Crippen molar-refractivity contribution in [2.45, 2.75) is 13.1 Å². The molecule has 6 nitrogen and oxygen atoms in total. The average molecular weight is 489 g/mol. The number of hydrogen-bond donors (Lipinski definition) is 1. The summed E-state index contributed by atoms with van der Waals surface area (Å²) in [5.41, 5.74) is -1.13. The molecule has 0 bridgehead atoms. The number of methoxy groups -OCH3 is 2. The van der Waals surface area contributed by atoms with E-state index in [0.717, 1.165) is 12.1 Å². The van der Waals surface area contributed by atoms with Crippen LogP contribution in [-0.4, -0.2) is 44.0 Å². The van der Waals surface area contributed by atoms with Crippen LogP contribution in [0.1, 0.15) is 22.8 Å². The quantitative estimate of drug-likeness (QED) is 0.618. The largest absolute Gasteiger partial charge is 0.495 e. The molecule has 0 heterocycles. The smallest absolute Gasteiger partial charge is 0.418 e. The van der Waals surface area contributed by atoms with Gasteiger partial charge in [-0.25, -0.2) is 0 Å². The van der Waals surface area contributed by atoms with E-state index >= 15 is 0 Å². The highest BCUT2D eigenvalue weighted by Gasteiger charge is 2.33. The van der Waals surface area contributed by atoms with Crippen LogP contribution in [-0.2, 0) is 11.0 Å². The van der Waals surface area contributed by atoms with Crippen LogP contribution >= 0.6 is 15.9 Å². The van der Waals surface area contributed by atoms with Crippen LogP contribution in [0.3, 0.4) is 0 Å². The molecule has 162 valence electrons. The van der Waals surface area contributed by atoms with E-state index in [4.69, 9.17) is 9.47 Å². The number of benzene rings is 2. The van der Waals surface area contributed by atoms with Crippen molar-refractivity contribution >= 4 is 33.4 Å². The molecule has 0 fully saturated rings. The summed E-state index contributed by atoms with van der Waals surface area (Å²) in [5, 5.41) is 2.23. The van der Waals surface area contributed by atoms with E-state index < -0.39 is 30.1 Å². The third kappa shape index (κ3) is 5.44. The summed E-state index contributed by atoms with van der Waals surface area (Å²) in [5.74, 6) is -0.534. The van der Waals surface area contributed by atoms with Crippen LogP contribution in [0.25, 0.3) is 0 Å². The van der Waals surface area contributed by atoms with Gasteiger partial charge in [0.15, 0.2) is 0 Å². The van der Waals surface area contributed by atoms with Gasteiger partial charge in [-0.1, -0.05) is 12.1 Å². The van der Waals surface area contributed by atoms with E-state index in [1.165, 1.54) is 43.4 Å². The Kier molecular flexibility index (Phi) is 7.71. The Hall–Kier alpha value is -2.75. The van der Waals surface area contributed by atoms with Crippen LogP contribution in [0, 0.1) is 0 Å². The summed E-state index contributed by atoms with van der Waals surface area (Å²) in [4.78, 5) is 26.4. The first-order valence-electron chi connectivity index (χ1n) is 8.79. The summed E-state index contributed by atoms with van der Waals surface area (Å²) >= 11 is 3.31. The lowest BCUT2D eigenvalue weighted by Gasteiger charge is -2.22. The molecule has 0 saturated heterocycles. The van der Waals surface area contributed by atoms with E-state index in [9.17, 15) is 22.8 Å². The van der Waals surface area contributed by atoms with Gasteiger partial charge in [0.05, 0.1) is 25.5 Å². The molecule has 0 aliphatic rings. The molecular formula is C20H20BrF3N2O4. The summed E-state index contributed by atoms with van der Waals surface area (Å²) in [6.07, 6.45) is -4.62. The number of carbonyl (C=O) groups is 2. The molecule has 1 N–H and O–H groups in total. The van der Waals surface area contributed by atoms with Crippen molar-refractivity contribution in [1.29, 1.82) is 0 Å². The Morgan fingerprint density at radius 3 is 2.17 bits per heavy atom. The van der Waals surface area contributed by atoms with E-state index in [1.807, 2.05) is 0 Å². The van der Waals surface area contributed by atoms with Gasteiger partial charge in [-0.15, -0.1) is 0 Å². The molecule has 0 unspecified atom stereocenters. The van der Waals surface area contributed by atoms with Gasteiger partial charge in [-0.3, -0.25) is 9.59 Å². The van der Waals surface area contributed by atoms with Crippen LogP contribution < -0.4 is 14.8 Å². The van der Waals surface area contributed by atoms with Gasteiger partial charge in [0, 0.05) is 12.1 Å². The highest BCUT2D eigenvalue weighted by molar-refractivity contribution is 9.10. The second-order valence-corrected chi connectivity index (χ2v) is 6.90. The normalized spacial score (nSPS) is 11.0. The van der Waals surface area contributed by atoms with Gasteiger partial charge in [0.25, 0.3) is 5.91 Å². The molecule has 2 rings (SSSR count). The molecular weight excluding hydrogens is 469 g/mol. The van der Waals surface area contributed by atoms with Crippen molar-refractivity contribution in [3.8, 4) is 11.5 Å². The lowest BCUT2D eigenvalue weighted by molar-refractivity contribution is -0.137. The second kappa shape index (κ2) is 9.84. The second-order valence-electron chi connectivity index (χ2n) is 6.11. The van der Waals surface area contributed by atoms with E-state index in [-0.39, 0.29) is 17.8 Å². The maximum atomic E-state index is 13.1. The van der Waals surface area contributed by atoms with Crippen molar-refractivity contribution in [2.75, 3.05) is 32.6 Å². The summed E-state index contributed by atoms with van der Waals surface area (Å²) in [6.45, 7) is 1.39. The number of amides is 2. The van der Waals surface area contributed by atoms with Crippen LogP contribution in [0.4, 0.5) is 18.9 Å². The molecule has 0 aliphatic carbocycles. The lowest BCUT2D eigenvalue weighted by atomic mass is 10.1. The minimum Gasteiger partial charge on any atom is -0.495 e. The minimum absolute atomic E-state index is 0.161. The first kappa shape index (κ1) is 23.5. The SMILES string of the molecule is CCN(CC(=O)Nc1ccccc1C(F)(F)F)C(=O)c1cc(OC)c(Br)c(OC)c1. The number of anilines is 1. The summed E-state index contributed by atoms with van der Waals surface area (Å²) in [6, 6.07) is 7.60. The van der Waals surface area contributed by atoms with Crippen LogP contribution in [0.15, 0.2) is 40.9 Å². The maximum absolute atomic E-state index is 13.1. The number of hydrogen-bond acceptors (Lipinski definition) is 4. The van der Waals surface area contributed by atoms with Crippen molar-refractivity contribution in [3.05, 3.63) is 52.0 Å². The molecule has 0 aliphatic heterocycles. The van der Waals surface area contributed by atoms with Crippen LogP contribution in [0.5, 0.6) is 11.5 Å². The number of nitrogens with zero attached hydrogens (tertiary/aromatic N) is 1. The zero-order valence-electron chi connectivity index (χ0n) is 16.5. The lowest BCUT2D eigenvalue weighted by Crippen LogP contribution is -2.38. The fourth-order valence-corrected chi connectivity index (χ4v) is 3.26. The number of likely N-dealkylation sites (N-methyl/N-ethyl adjacent to an activating group) is 1. The van der Waals surface area contributed by atoms with Crippen molar-refractivity contribution in [1.82, 2.24) is 4.90 Å². The third-order valence-electron chi connectivity index (χ3n) is 4.20. The molecule has 2 amide bonds. The summed E-state index contributed by atoms with van der Waals surface area (Å²) < 4.78 is 50.3. The zero-order valence-corrected chi connectivity index (χ0v) is 18.1. The van der Waals surface area contributed by atoms with Crippen LogP contribution in [0.2, 0.25) is 0 Å².